The molecule has 1 aromatic rings. The minimum atomic E-state index is -2.53. The van der Waals surface area contributed by atoms with E-state index in [2.05, 4.69) is 27.6 Å². The Kier molecular flexibility index (Phi) is 3.50. The van der Waals surface area contributed by atoms with Gasteiger partial charge in [-0.05, 0) is 22.6 Å². The summed E-state index contributed by atoms with van der Waals surface area (Å²) in [6, 6.07) is 0. The molecular weight excluding hydrogens is 379 g/mol. The predicted molar refractivity (Wildman–Crippen MR) is 77.6 cm³/mol. The smallest absolute Gasteiger partial charge is 0.249 e. The lowest BCUT2D eigenvalue weighted by atomic mass is 9.80. The van der Waals surface area contributed by atoms with Crippen LogP contribution in [0.2, 0.25) is 0 Å². The van der Waals surface area contributed by atoms with Crippen LogP contribution in [0.5, 0.6) is 0 Å². The van der Waals surface area contributed by atoms with Crippen molar-refractivity contribution in [2.24, 2.45) is 0 Å². The molecule has 3 rings (SSSR count). The monoisotopic (exact) mass is 395 g/mol. The summed E-state index contributed by atoms with van der Waals surface area (Å²) in [4.78, 5) is 18.1. The molecule has 1 aliphatic carbocycles. The highest BCUT2D eigenvalue weighted by molar-refractivity contribution is 14.1. The van der Waals surface area contributed by atoms with E-state index in [0.29, 0.717) is 26.1 Å². The fourth-order valence-corrected chi connectivity index (χ4v) is 3.66. The molecule has 0 spiro atoms. The van der Waals surface area contributed by atoms with Gasteiger partial charge < -0.3 is 9.47 Å². The van der Waals surface area contributed by atoms with E-state index in [1.165, 1.54) is 0 Å². The summed E-state index contributed by atoms with van der Waals surface area (Å²) < 4.78 is 28.9. The Morgan fingerprint density at radius 2 is 2.15 bits per heavy atom. The second-order valence-corrected chi connectivity index (χ2v) is 6.51. The van der Waals surface area contributed by atoms with Gasteiger partial charge >= 0.3 is 0 Å². The molecule has 0 bridgehead atoms. The molecular formula is C13H16F2IN3O. The molecule has 1 aliphatic heterocycles. The largest absolute Gasteiger partial charge is 0.335 e. The number of aromatic nitrogens is 2. The highest BCUT2D eigenvalue weighted by Crippen LogP contribution is 2.48. The number of nitrogens with zero attached hydrogens (tertiary/aromatic N) is 3. The van der Waals surface area contributed by atoms with Crippen molar-refractivity contribution in [2.45, 2.75) is 51.1 Å². The molecule has 7 heteroatoms. The Morgan fingerprint density at radius 1 is 1.45 bits per heavy atom. The summed E-state index contributed by atoms with van der Waals surface area (Å²) in [5.74, 6) is -1.76. The van der Waals surface area contributed by atoms with Crippen LogP contribution in [0.25, 0.3) is 0 Å². The SMILES string of the molecule is CCC(=O)N1CCn2c(C3CC(F)(F)C3)nc(I)c2C1. The van der Waals surface area contributed by atoms with Gasteiger partial charge in [0.15, 0.2) is 0 Å². The number of carbonyl (C=O) groups excluding carboxylic acids is 1. The Bertz CT molecular complexity index is 550. The Labute approximate surface area is 129 Å². The van der Waals surface area contributed by atoms with Crippen LogP contribution in [0.15, 0.2) is 0 Å². The highest BCUT2D eigenvalue weighted by Gasteiger charge is 2.48. The van der Waals surface area contributed by atoms with Gasteiger partial charge in [-0.2, -0.15) is 0 Å². The molecule has 20 heavy (non-hydrogen) atoms. The van der Waals surface area contributed by atoms with E-state index in [-0.39, 0.29) is 24.7 Å². The fourth-order valence-electron chi connectivity index (χ4n) is 2.95. The van der Waals surface area contributed by atoms with E-state index < -0.39 is 5.92 Å². The first-order chi connectivity index (χ1) is 9.41. The third-order valence-corrected chi connectivity index (χ3v) is 4.96. The van der Waals surface area contributed by atoms with E-state index >= 15 is 0 Å². The molecule has 0 N–H and O–H groups in total. The number of hydrogen-bond donors (Lipinski definition) is 0. The van der Waals surface area contributed by atoms with Crippen LogP contribution >= 0.6 is 22.6 Å². The van der Waals surface area contributed by atoms with Gasteiger partial charge in [-0.15, -0.1) is 0 Å². The predicted octanol–water partition coefficient (Wildman–Crippen LogP) is 2.75. The summed E-state index contributed by atoms with van der Waals surface area (Å²) in [5.41, 5.74) is 0.990. The first kappa shape index (κ1) is 14.2. The van der Waals surface area contributed by atoms with Crippen LogP contribution in [0, 0.1) is 3.70 Å². The van der Waals surface area contributed by atoms with Gasteiger partial charge in [-0.1, -0.05) is 6.92 Å². The van der Waals surface area contributed by atoms with E-state index in [1.54, 1.807) is 0 Å². The molecule has 1 aromatic heterocycles. The summed E-state index contributed by atoms with van der Waals surface area (Å²) in [6.07, 6.45) is 0.292. The van der Waals surface area contributed by atoms with Crippen LogP contribution in [0.3, 0.4) is 0 Å². The van der Waals surface area contributed by atoms with Gasteiger partial charge in [0.2, 0.25) is 11.8 Å². The number of alkyl halides is 2. The summed E-state index contributed by atoms with van der Waals surface area (Å²) in [7, 11) is 0. The molecule has 1 fully saturated rings. The number of amides is 1. The van der Waals surface area contributed by atoms with Crippen LogP contribution in [0.1, 0.15) is 43.6 Å². The maximum atomic E-state index is 13.0. The van der Waals surface area contributed by atoms with E-state index in [9.17, 15) is 13.6 Å². The van der Waals surface area contributed by atoms with Crippen LogP contribution in [0.4, 0.5) is 8.78 Å². The lowest BCUT2D eigenvalue weighted by molar-refractivity contribution is -0.132. The average molecular weight is 395 g/mol. The number of carbonyl (C=O) groups is 1. The maximum absolute atomic E-state index is 13.0. The minimum Gasteiger partial charge on any atom is -0.335 e. The van der Waals surface area contributed by atoms with E-state index in [1.807, 2.05) is 16.4 Å². The van der Waals surface area contributed by atoms with E-state index in [0.717, 1.165) is 15.2 Å². The molecule has 1 amide bonds. The highest BCUT2D eigenvalue weighted by atomic mass is 127. The number of halogens is 3. The van der Waals surface area contributed by atoms with Gasteiger partial charge in [0.1, 0.15) is 9.53 Å². The standard InChI is InChI=1S/C13H16F2IN3O/c1-2-10(20)18-3-4-19-9(7-18)11(16)17-12(19)8-5-13(14,15)6-8/h8H,2-7H2,1H3. The quantitative estimate of drug-likeness (QED) is 0.723. The molecule has 0 atom stereocenters. The zero-order valence-electron chi connectivity index (χ0n) is 11.2. The van der Waals surface area contributed by atoms with Crippen molar-refractivity contribution in [2.75, 3.05) is 6.54 Å². The minimum absolute atomic E-state index is 0.100. The topological polar surface area (TPSA) is 38.1 Å². The fraction of sp³-hybridized carbons (Fsp3) is 0.692. The first-order valence-corrected chi connectivity index (χ1v) is 7.89. The van der Waals surface area contributed by atoms with Gasteiger partial charge in [-0.3, -0.25) is 4.79 Å². The average Bonchev–Trinajstić information content (AvgIpc) is 2.72. The third-order valence-electron chi connectivity index (χ3n) is 4.10. The van der Waals surface area contributed by atoms with Crippen LogP contribution < -0.4 is 0 Å². The van der Waals surface area contributed by atoms with Crippen LogP contribution in [-0.4, -0.2) is 32.8 Å². The number of hydrogen-bond acceptors (Lipinski definition) is 2. The lowest BCUT2D eigenvalue weighted by Crippen LogP contribution is -2.40. The molecule has 4 nitrogen and oxygen atoms in total. The first-order valence-electron chi connectivity index (χ1n) is 6.81. The molecule has 0 saturated heterocycles. The summed E-state index contributed by atoms with van der Waals surface area (Å²) >= 11 is 2.13. The van der Waals surface area contributed by atoms with Crippen molar-refractivity contribution in [1.82, 2.24) is 14.5 Å². The van der Waals surface area contributed by atoms with Crippen LogP contribution in [-0.2, 0) is 17.9 Å². The van der Waals surface area contributed by atoms with Gasteiger partial charge in [0.25, 0.3) is 0 Å². The Hall–Kier alpha value is -0.730. The molecule has 110 valence electrons. The second-order valence-electron chi connectivity index (χ2n) is 5.49. The Balaban J connectivity index is 1.83. The van der Waals surface area contributed by atoms with Crippen molar-refractivity contribution in [3.05, 3.63) is 15.2 Å². The number of rotatable bonds is 2. The van der Waals surface area contributed by atoms with Gasteiger partial charge in [-0.25, -0.2) is 13.8 Å². The van der Waals surface area contributed by atoms with Gasteiger partial charge in [0, 0.05) is 38.3 Å². The van der Waals surface area contributed by atoms with Crippen molar-refractivity contribution in [3.63, 3.8) is 0 Å². The summed E-state index contributed by atoms with van der Waals surface area (Å²) in [6.45, 7) is 3.69. The number of imidazole rings is 1. The van der Waals surface area contributed by atoms with Crippen molar-refractivity contribution in [1.29, 1.82) is 0 Å². The van der Waals surface area contributed by atoms with E-state index in [4.69, 9.17) is 0 Å². The molecule has 0 unspecified atom stereocenters. The zero-order chi connectivity index (χ0) is 14.5. The van der Waals surface area contributed by atoms with Crippen molar-refractivity contribution >= 4 is 28.5 Å². The normalized spacial score (nSPS) is 21.5. The lowest BCUT2D eigenvalue weighted by Gasteiger charge is -2.36. The zero-order valence-corrected chi connectivity index (χ0v) is 13.4. The molecule has 2 heterocycles. The molecule has 0 radical (unpaired) electrons. The second kappa shape index (κ2) is 4.92. The molecule has 0 aromatic carbocycles. The summed E-state index contributed by atoms with van der Waals surface area (Å²) in [5, 5.41) is 0. The molecule has 2 aliphatic rings. The maximum Gasteiger partial charge on any atom is 0.249 e. The number of fused-ring (bicyclic) bond motifs is 1. The third kappa shape index (κ3) is 2.33. The van der Waals surface area contributed by atoms with Crippen molar-refractivity contribution in [3.8, 4) is 0 Å². The Morgan fingerprint density at radius 3 is 2.75 bits per heavy atom. The molecule has 1 saturated carbocycles. The van der Waals surface area contributed by atoms with Gasteiger partial charge in [0.05, 0.1) is 12.2 Å². The van der Waals surface area contributed by atoms with Crippen molar-refractivity contribution < 1.29 is 13.6 Å².